The van der Waals surface area contributed by atoms with Gasteiger partial charge in [-0.05, 0) is 25.5 Å². The van der Waals surface area contributed by atoms with E-state index in [0.717, 1.165) is 6.42 Å². The second-order valence-corrected chi connectivity index (χ2v) is 8.03. The fourth-order valence-electron chi connectivity index (χ4n) is 2.88. The van der Waals surface area contributed by atoms with E-state index in [1.165, 1.54) is 6.07 Å². The number of halogens is 2. The Bertz CT molecular complexity index is 641. The number of amides is 1. The summed E-state index contributed by atoms with van der Waals surface area (Å²) in [5.41, 5.74) is 0.317. The highest BCUT2D eigenvalue weighted by Crippen LogP contribution is 2.47. The van der Waals surface area contributed by atoms with Crippen LogP contribution in [0.1, 0.15) is 25.3 Å². The van der Waals surface area contributed by atoms with Crippen LogP contribution < -0.4 is 0 Å². The summed E-state index contributed by atoms with van der Waals surface area (Å²) in [5, 5.41) is 0. The molecule has 0 spiro atoms. The third-order valence-electron chi connectivity index (χ3n) is 4.10. The number of esters is 1. The normalized spacial score (nSPS) is 27.1. The molecule has 0 radical (unpaired) electrons. The molecule has 2 heterocycles. The molecule has 1 aromatic carbocycles. The van der Waals surface area contributed by atoms with E-state index in [1.54, 1.807) is 28.8 Å². The van der Waals surface area contributed by atoms with Gasteiger partial charge in [0.15, 0.2) is 0 Å². The molecule has 2 aliphatic rings. The minimum absolute atomic E-state index is 0.00993. The molecule has 2 aliphatic heterocycles. The number of rotatable bonds is 3. The predicted molar refractivity (Wildman–Crippen MR) is 84.6 cm³/mol. The summed E-state index contributed by atoms with van der Waals surface area (Å²) in [5.74, 6) is -0.368. The Morgan fingerprint density at radius 3 is 3.09 bits per heavy atom. The monoisotopic (exact) mass is 387 g/mol. The van der Waals surface area contributed by atoms with E-state index >= 15 is 0 Å². The summed E-state index contributed by atoms with van der Waals surface area (Å²) in [7, 11) is 0. The van der Waals surface area contributed by atoms with Crippen LogP contribution in [0.2, 0.25) is 0 Å². The summed E-state index contributed by atoms with van der Waals surface area (Å²) < 4.78 is 19.6. The Balaban J connectivity index is 1.66. The average Bonchev–Trinajstić information content (AvgIpc) is 2.95. The molecule has 7 heteroatoms. The SMILES string of the molecule is C[C@@]12CCC(=O)N1[C@H](C(=O)OCc1ccc(Br)cc1F)CS2. The van der Waals surface area contributed by atoms with Crippen molar-refractivity contribution in [1.82, 2.24) is 4.90 Å². The zero-order chi connectivity index (χ0) is 15.9. The first kappa shape index (κ1) is 15.8. The Morgan fingerprint density at radius 1 is 1.59 bits per heavy atom. The van der Waals surface area contributed by atoms with Gasteiger partial charge in [-0.1, -0.05) is 22.0 Å². The molecule has 2 saturated heterocycles. The standard InChI is InChI=1S/C15H15BrFNO3S/c1-15-5-4-13(19)18(15)12(8-22-15)14(20)21-7-9-2-3-10(16)6-11(9)17/h2-3,6,12H,4-5,7-8H2,1H3/t12-,15+/m0/s1. The highest BCUT2D eigenvalue weighted by atomic mass is 79.9. The van der Waals surface area contributed by atoms with Gasteiger partial charge in [-0.3, -0.25) is 4.79 Å². The van der Waals surface area contributed by atoms with Crippen molar-refractivity contribution in [1.29, 1.82) is 0 Å². The number of hydrogen-bond donors (Lipinski definition) is 0. The number of ether oxygens (including phenoxy) is 1. The van der Waals surface area contributed by atoms with Gasteiger partial charge in [0, 0.05) is 22.2 Å². The van der Waals surface area contributed by atoms with E-state index in [2.05, 4.69) is 15.9 Å². The van der Waals surface area contributed by atoms with Gasteiger partial charge >= 0.3 is 5.97 Å². The molecule has 2 fully saturated rings. The minimum Gasteiger partial charge on any atom is -0.459 e. The van der Waals surface area contributed by atoms with E-state index in [0.29, 0.717) is 22.2 Å². The first-order chi connectivity index (χ1) is 10.4. The van der Waals surface area contributed by atoms with E-state index in [-0.39, 0.29) is 17.4 Å². The van der Waals surface area contributed by atoms with Crippen molar-refractivity contribution in [2.75, 3.05) is 5.75 Å². The summed E-state index contributed by atoms with van der Waals surface area (Å²) in [4.78, 5) is 25.6. The van der Waals surface area contributed by atoms with Crippen LogP contribution in [0.5, 0.6) is 0 Å². The molecule has 1 amide bonds. The number of hydrogen-bond acceptors (Lipinski definition) is 4. The second kappa shape index (κ2) is 5.85. The molecular weight excluding hydrogens is 373 g/mol. The summed E-state index contributed by atoms with van der Waals surface area (Å²) >= 11 is 4.78. The molecule has 3 rings (SSSR count). The van der Waals surface area contributed by atoms with Gasteiger partial charge in [0.1, 0.15) is 18.5 Å². The summed E-state index contributed by atoms with van der Waals surface area (Å²) in [6, 6.07) is 4.03. The predicted octanol–water partition coefficient (Wildman–Crippen LogP) is 3.09. The molecule has 1 aromatic rings. The minimum atomic E-state index is -0.566. The zero-order valence-corrected chi connectivity index (χ0v) is 14.4. The van der Waals surface area contributed by atoms with E-state index in [4.69, 9.17) is 4.74 Å². The second-order valence-electron chi connectivity index (χ2n) is 5.61. The molecule has 0 aromatic heterocycles. The number of nitrogens with zero attached hydrogens (tertiary/aromatic N) is 1. The van der Waals surface area contributed by atoms with Crippen LogP contribution in [-0.2, 0) is 20.9 Å². The van der Waals surface area contributed by atoms with Crippen molar-refractivity contribution in [2.45, 2.75) is 37.3 Å². The lowest BCUT2D eigenvalue weighted by Crippen LogP contribution is -2.46. The third-order valence-corrected chi connectivity index (χ3v) is 6.10. The van der Waals surface area contributed by atoms with Gasteiger partial charge < -0.3 is 9.64 Å². The summed E-state index contributed by atoms with van der Waals surface area (Å²) in [6.45, 7) is 1.85. The molecule has 2 atom stereocenters. The van der Waals surface area contributed by atoms with Crippen LogP contribution in [0.3, 0.4) is 0 Å². The van der Waals surface area contributed by atoms with Crippen LogP contribution in [0.25, 0.3) is 0 Å². The van der Waals surface area contributed by atoms with Crippen molar-refractivity contribution in [2.24, 2.45) is 0 Å². The van der Waals surface area contributed by atoms with Gasteiger partial charge in [0.05, 0.1) is 4.87 Å². The van der Waals surface area contributed by atoms with Crippen molar-refractivity contribution in [3.05, 3.63) is 34.1 Å². The molecular formula is C15H15BrFNO3S. The van der Waals surface area contributed by atoms with E-state index in [9.17, 15) is 14.0 Å². The molecule has 0 saturated carbocycles. The van der Waals surface area contributed by atoms with Crippen molar-refractivity contribution >= 4 is 39.6 Å². The fourth-order valence-corrected chi connectivity index (χ4v) is 4.63. The largest absolute Gasteiger partial charge is 0.459 e. The summed E-state index contributed by atoms with van der Waals surface area (Å²) in [6.07, 6.45) is 1.22. The van der Waals surface area contributed by atoms with Crippen LogP contribution in [0, 0.1) is 5.82 Å². The van der Waals surface area contributed by atoms with E-state index in [1.807, 2.05) is 6.92 Å². The van der Waals surface area contributed by atoms with Crippen LogP contribution in [0.4, 0.5) is 4.39 Å². The van der Waals surface area contributed by atoms with Gasteiger partial charge in [0.25, 0.3) is 0 Å². The van der Waals surface area contributed by atoms with Crippen LogP contribution in [-0.4, -0.2) is 33.4 Å². The highest BCUT2D eigenvalue weighted by molar-refractivity contribution is 9.10. The molecule has 4 nitrogen and oxygen atoms in total. The quantitative estimate of drug-likeness (QED) is 0.747. The Labute approximate surface area is 140 Å². The molecule has 0 bridgehead atoms. The van der Waals surface area contributed by atoms with Crippen molar-refractivity contribution in [3.8, 4) is 0 Å². The van der Waals surface area contributed by atoms with Gasteiger partial charge in [-0.15, -0.1) is 11.8 Å². The number of benzene rings is 1. The van der Waals surface area contributed by atoms with Crippen molar-refractivity contribution in [3.63, 3.8) is 0 Å². The molecule has 118 valence electrons. The average molecular weight is 388 g/mol. The van der Waals surface area contributed by atoms with Gasteiger partial charge in [-0.2, -0.15) is 0 Å². The first-order valence-electron chi connectivity index (χ1n) is 6.97. The van der Waals surface area contributed by atoms with Gasteiger partial charge in [0.2, 0.25) is 5.91 Å². The maximum absolute atomic E-state index is 13.7. The fraction of sp³-hybridized carbons (Fsp3) is 0.467. The van der Waals surface area contributed by atoms with Gasteiger partial charge in [-0.25, -0.2) is 9.18 Å². The Morgan fingerprint density at radius 2 is 2.36 bits per heavy atom. The first-order valence-corrected chi connectivity index (χ1v) is 8.75. The smallest absolute Gasteiger partial charge is 0.330 e. The number of carbonyl (C=O) groups is 2. The number of thioether (sulfide) groups is 1. The van der Waals surface area contributed by atoms with Crippen molar-refractivity contribution < 1.29 is 18.7 Å². The number of carbonyl (C=O) groups excluding carboxylic acids is 2. The lowest BCUT2D eigenvalue weighted by molar-refractivity contribution is -0.154. The topological polar surface area (TPSA) is 46.6 Å². The van der Waals surface area contributed by atoms with E-state index < -0.39 is 17.8 Å². The highest BCUT2D eigenvalue weighted by Gasteiger charge is 2.53. The Hall–Kier alpha value is -1.08. The molecule has 22 heavy (non-hydrogen) atoms. The molecule has 0 aliphatic carbocycles. The third kappa shape index (κ3) is 2.76. The zero-order valence-electron chi connectivity index (χ0n) is 12.0. The maximum Gasteiger partial charge on any atom is 0.330 e. The molecule has 0 unspecified atom stereocenters. The lowest BCUT2D eigenvalue weighted by Gasteiger charge is -2.29. The lowest BCUT2D eigenvalue weighted by atomic mass is 10.2. The number of fused-ring (bicyclic) bond motifs is 1. The van der Waals surface area contributed by atoms with Crippen LogP contribution in [0.15, 0.2) is 22.7 Å². The Kier molecular flexibility index (Phi) is 4.20. The molecule has 0 N–H and O–H groups in total. The maximum atomic E-state index is 13.7. The van der Waals surface area contributed by atoms with Crippen LogP contribution >= 0.6 is 27.7 Å².